The van der Waals surface area contributed by atoms with Crippen LogP contribution in [0.25, 0.3) is 0 Å². The van der Waals surface area contributed by atoms with Gasteiger partial charge in [-0.3, -0.25) is 0 Å². The molecule has 0 nitrogen and oxygen atoms in total. The van der Waals surface area contributed by atoms with Crippen LogP contribution in [-0.4, -0.2) is 0 Å². The van der Waals surface area contributed by atoms with E-state index in [-0.39, 0.29) is 0 Å². The highest BCUT2D eigenvalue weighted by Gasteiger charge is 2.33. The number of hydrogen-bond donors (Lipinski definition) is 0. The Balaban J connectivity index is 2.29. The van der Waals surface area contributed by atoms with Gasteiger partial charge in [-0.05, 0) is 0 Å². The van der Waals surface area contributed by atoms with Crippen molar-refractivity contribution in [3.63, 3.8) is 0 Å². The zero-order valence-corrected chi connectivity index (χ0v) is 4.09. The molecule has 2 aliphatic carbocycles. The Morgan fingerprint density at radius 1 is 1.43 bits per heavy atom. The Morgan fingerprint density at radius 2 is 2.43 bits per heavy atom. The first kappa shape index (κ1) is 3.40. The maximum Gasteiger partial charge on any atom is 0.219 e. The fourth-order valence-corrected chi connectivity index (χ4v) is 1.12. The minimum atomic E-state index is 0.778. The molecule has 2 aliphatic rings. The van der Waals surface area contributed by atoms with E-state index in [9.17, 15) is 0 Å². The van der Waals surface area contributed by atoms with Crippen LogP contribution in [0.1, 0.15) is 6.42 Å². The number of fused-ring (bicyclic) bond motifs is 1. The minimum absolute atomic E-state index is 0.778. The fraction of sp³-hybridized carbons (Fsp3) is 0.429. The van der Waals surface area contributed by atoms with Crippen LogP contribution in [0.2, 0.25) is 0 Å². The topological polar surface area (TPSA) is 0 Å². The average molecular weight is 91.1 g/mol. The van der Waals surface area contributed by atoms with Gasteiger partial charge in [0.25, 0.3) is 0 Å². The van der Waals surface area contributed by atoms with E-state index < -0.39 is 0 Å². The van der Waals surface area contributed by atoms with Crippen LogP contribution in [0.5, 0.6) is 0 Å². The van der Waals surface area contributed by atoms with E-state index in [4.69, 9.17) is 0 Å². The molecule has 0 heterocycles. The molecular formula is C7H7+. The summed E-state index contributed by atoms with van der Waals surface area (Å²) in [7, 11) is 0. The van der Waals surface area contributed by atoms with E-state index in [0.717, 1.165) is 11.8 Å². The Hall–Kier alpha value is -0.610. The monoisotopic (exact) mass is 91.1 g/mol. The third-order valence-corrected chi connectivity index (χ3v) is 1.74. The largest absolute Gasteiger partial charge is 0.219 e. The van der Waals surface area contributed by atoms with Crippen molar-refractivity contribution in [2.24, 2.45) is 11.8 Å². The number of rotatable bonds is 0. The van der Waals surface area contributed by atoms with Crippen molar-refractivity contribution in [3.05, 3.63) is 24.3 Å². The Morgan fingerprint density at radius 3 is 2.71 bits per heavy atom. The summed E-state index contributed by atoms with van der Waals surface area (Å²) in [4.78, 5) is 0. The van der Waals surface area contributed by atoms with Crippen molar-refractivity contribution in [1.82, 2.24) is 0 Å². The van der Waals surface area contributed by atoms with Gasteiger partial charge in [0.15, 0.2) is 12.5 Å². The maximum absolute atomic E-state index is 3.20. The predicted octanol–water partition coefficient (Wildman–Crippen LogP) is 1.55. The summed E-state index contributed by atoms with van der Waals surface area (Å²) < 4.78 is 0. The summed E-state index contributed by atoms with van der Waals surface area (Å²) >= 11 is 0. The third-order valence-electron chi connectivity index (χ3n) is 1.74. The summed E-state index contributed by atoms with van der Waals surface area (Å²) in [6.07, 6.45) is 11.0. The van der Waals surface area contributed by atoms with Gasteiger partial charge < -0.3 is 0 Å². The van der Waals surface area contributed by atoms with Crippen molar-refractivity contribution >= 4 is 0 Å². The lowest BCUT2D eigenvalue weighted by Gasteiger charge is -2.13. The Bertz CT molecular complexity index is 131. The highest BCUT2D eigenvalue weighted by atomic mass is 14.3. The van der Waals surface area contributed by atoms with E-state index in [1.165, 1.54) is 6.42 Å². The fourth-order valence-electron chi connectivity index (χ4n) is 1.12. The summed E-state index contributed by atoms with van der Waals surface area (Å²) in [5.74, 6) is 1.62. The minimum Gasteiger partial charge on any atom is -0.0787 e. The quantitative estimate of drug-likeness (QED) is 0.313. The highest BCUT2D eigenvalue weighted by Crippen LogP contribution is 2.34. The van der Waals surface area contributed by atoms with Crippen molar-refractivity contribution < 1.29 is 0 Å². The second kappa shape index (κ2) is 0.962. The zero-order valence-electron chi connectivity index (χ0n) is 4.09. The van der Waals surface area contributed by atoms with Crippen LogP contribution in [-0.2, 0) is 0 Å². The van der Waals surface area contributed by atoms with Crippen LogP contribution in [0.3, 0.4) is 0 Å². The van der Waals surface area contributed by atoms with Gasteiger partial charge in [0.2, 0.25) is 6.08 Å². The van der Waals surface area contributed by atoms with Crippen LogP contribution >= 0.6 is 0 Å². The van der Waals surface area contributed by atoms with Gasteiger partial charge in [-0.25, -0.2) is 0 Å². The molecule has 34 valence electrons. The molecule has 0 amide bonds. The van der Waals surface area contributed by atoms with Crippen LogP contribution in [0.4, 0.5) is 0 Å². The number of allylic oxidation sites excluding steroid dienone is 4. The normalized spacial score (nSPS) is 42.3. The Labute approximate surface area is 43.5 Å². The standard InChI is InChI=1S/C7H7/c1-2-6-4-5-7(6)3-1/h2,4-7H,3H2/q+1/t6-,7+/m1/s1. The molecule has 0 saturated carbocycles. The lowest BCUT2D eigenvalue weighted by atomic mass is 9.85. The molecule has 0 saturated heterocycles. The molecule has 0 fully saturated rings. The molecule has 0 bridgehead atoms. The molecule has 0 radical (unpaired) electrons. The molecule has 0 aliphatic heterocycles. The van der Waals surface area contributed by atoms with E-state index in [0.29, 0.717) is 0 Å². The molecule has 0 heteroatoms. The van der Waals surface area contributed by atoms with Gasteiger partial charge in [0.05, 0.1) is 5.92 Å². The molecular weight excluding hydrogens is 84.1 g/mol. The molecule has 2 rings (SSSR count). The van der Waals surface area contributed by atoms with Crippen molar-refractivity contribution in [2.45, 2.75) is 6.42 Å². The van der Waals surface area contributed by atoms with E-state index >= 15 is 0 Å². The molecule has 7 heavy (non-hydrogen) atoms. The second-order valence-electron chi connectivity index (χ2n) is 2.20. The molecule has 0 unspecified atom stereocenters. The number of hydrogen-bond acceptors (Lipinski definition) is 0. The van der Waals surface area contributed by atoms with Gasteiger partial charge in [0, 0.05) is 5.92 Å². The summed E-state index contributed by atoms with van der Waals surface area (Å²) in [6, 6.07) is 0. The van der Waals surface area contributed by atoms with Crippen LogP contribution in [0, 0.1) is 17.9 Å². The molecule has 0 aromatic heterocycles. The Kier molecular flexibility index (Phi) is 0.467. The van der Waals surface area contributed by atoms with E-state index in [2.05, 4.69) is 24.3 Å². The molecule has 2 atom stereocenters. The van der Waals surface area contributed by atoms with Crippen molar-refractivity contribution in [2.75, 3.05) is 0 Å². The SMILES string of the molecule is [C+]1=C[C@@H]2C=C[C@@H]2C1. The lowest BCUT2D eigenvalue weighted by Crippen LogP contribution is -2.10. The zero-order chi connectivity index (χ0) is 4.69. The van der Waals surface area contributed by atoms with Gasteiger partial charge in [0.1, 0.15) is 0 Å². The average Bonchev–Trinajstić information content (AvgIpc) is 1.85. The maximum atomic E-state index is 3.20. The van der Waals surface area contributed by atoms with Crippen molar-refractivity contribution in [3.8, 4) is 0 Å². The first-order chi connectivity index (χ1) is 3.47. The van der Waals surface area contributed by atoms with E-state index in [1.807, 2.05) is 0 Å². The molecule has 0 aromatic carbocycles. The smallest absolute Gasteiger partial charge is 0.0787 e. The second-order valence-corrected chi connectivity index (χ2v) is 2.20. The summed E-state index contributed by atoms with van der Waals surface area (Å²) in [6.45, 7) is 0. The van der Waals surface area contributed by atoms with Gasteiger partial charge in [-0.1, -0.05) is 12.2 Å². The van der Waals surface area contributed by atoms with E-state index in [1.54, 1.807) is 0 Å². The van der Waals surface area contributed by atoms with Crippen LogP contribution in [0.15, 0.2) is 18.2 Å². The van der Waals surface area contributed by atoms with Gasteiger partial charge >= 0.3 is 0 Å². The summed E-state index contributed by atoms with van der Waals surface area (Å²) in [5.41, 5.74) is 0. The van der Waals surface area contributed by atoms with Crippen molar-refractivity contribution in [1.29, 1.82) is 0 Å². The first-order valence-corrected chi connectivity index (χ1v) is 2.72. The first-order valence-electron chi connectivity index (χ1n) is 2.72. The third kappa shape index (κ3) is 0.299. The predicted molar refractivity (Wildman–Crippen MR) is 28.5 cm³/mol. The summed E-state index contributed by atoms with van der Waals surface area (Å²) in [5, 5.41) is 0. The van der Waals surface area contributed by atoms with Crippen LogP contribution < -0.4 is 0 Å². The highest BCUT2D eigenvalue weighted by molar-refractivity contribution is 5.20. The molecule has 0 aromatic rings. The molecule has 0 N–H and O–H groups in total. The van der Waals surface area contributed by atoms with Gasteiger partial charge in [-0.15, -0.1) is 0 Å². The molecule has 0 spiro atoms. The van der Waals surface area contributed by atoms with Gasteiger partial charge in [-0.2, -0.15) is 0 Å². The lowest BCUT2D eigenvalue weighted by molar-refractivity contribution is 0.542.